The van der Waals surface area contributed by atoms with Crippen LogP contribution in [0, 0.1) is 20.2 Å². The molecule has 0 aliphatic heterocycles. The Hall–Kier alpha value is -1.70. The molecule has 122 valence electrons. The standard InChI is InChI=1S/C8H2F6N2O4S2/c9-7(10,11)21-5-2-6(22-8(12,13)14)4(16(19)20)1-3(5)15(17)18/h1-2H. The van der Waals surface area contributed by atoms with Crippen molar-refractivity contribution in [3.8, 4) is 0 Å². The van der Waals surface area contributed by atoms with E-state index in [9.17, 15) is 46.6 Å². The number of rotatable bonds is 4. The lowest BCUT2D eigenvalue weighted by atomic mass is 10.3. The zero-order chi connectivity index (χ0) is 17.3. The topological polar surface area (TPSA) is 86.3 Å². The number of halogens is 6. The van der Waals surface area contributed by atoms with Crippen LogP contribution in [0.15, 0.2) is 21.9 Å². The summed E-state index contributed by atoms with van der Waals surface area (Å²) >= 11 is -2.06. The van der Waals surface area contributed by atoms with Gasteiger partial charge < -0.3 is 0 Å². The predicted molar refractivity (Wildman–Crippen MR) is 63.6 cm³/mol. The first-order valence-electron chi connectivity index (χ1n) is 4.78. The Morgan fingerprint density at radius 2 is 1.09 bits per heavy atom. The van der Waals surface area contributed by atoms with E-state index in [2.05, 4.69) is 0 Å². The summed E-state index contributed by atoms with van der Waals surface area (Å²) in [5.41, 5.74) is -12.6. The maximum Gasteiger partial charge on any atom is 0.446 e. The molecule has 0 saturated carbocycles. The van der Waals surface area contributed by atoms with E-state index in [-0.39, 0.29) is 12.1 Å². The molecular formula is C8H2F6N2O4S2. The molecule has 0 heterocycles. The van der Waals surface area contributed by atoms with Crippen molar-refractivity contribution in [3.63, 3.8) is 0 Å². The van der Waals surface area contributed by atoms with E-state index >= 15 is 0 Å². The van der Waals surface area contributed by atoms with Crippen LogP contribution < -0.4 is 0 Å². The molecule has 0 N–H and O–H groups in total. The van der Waals surface area contributed by atoms with Gasteiger partial charge in [0.15, 0.2) is 0 Å². The molecule has 0 aliphatic rings. The molecule has 1 aromatic rings. The highest BCUT2D eigenvalue weighted by Gasteiger charge is 2.38. The van der Waals surface area contributed by atoms with Gasteiger partial charge in [0, 0.05) is 0 Å². The molecule has 14 heteroatoms. The molecule has 0 spiro atoms. The summed E-state index contributed by atoms with van der Waals surface area (Å²) in [6.07, 6.45) is 0. The molecule has 0 saturated heterocycles. The van der Waals surface area contributed by atoms with Gasteiger partial charge in [0.25, 0.3) is 11.4 Å². The molecule has 0 radical (unpaired) electrons. The van der Waals surface area contributed by atoms with Crippen molar-refractivity contribution in [2.75, 3.05) is 0 Å². The Morgan fingerprint density at radius 1 is 0.773 bits per heavy atom. The summed E-state index contributed by atoms with van der Waals surface area (Å²) in [6, 6.07) is 0.203. The van der Waals surface area contributed by atoms with Crippen LogP contribution in [-0.4, -0.2) is 20.9 Å². The molecule has 22 heavy (non-hydrogen) atoms. The van der Waals surface area contributed by atoms with Crippen molar-refractivity contribution >= 4 is 34.9 Å². The second kappa shape index (κ2) is 6.20. The highest BCUT2D eigenvalue weighted by molar-refractivity contribution is 8.01. The minimum Gasteiger partial charge on any atom is -0.258 e. The fourth-order valence-corrected chi connectivity index (χ4v) is 2.64. The van der Waals surface area contributed by atoms with Crippen LogP contribution in [-0.2, 0) is 0 Å². The van der Waals surface area contributed by atoms with Crippen LogP contribution in [0.25, 0.3) is 0 Å². The third kappa shape index (κ3) is 5.25. The van der Waals surface area contributed by atoms with E-state index in [1.165, 1.54) is 0 Å². The van der Waals surface area contributed by atoms with Gasteiger partial charge in [0.2, 0.25) is 0 Å². The summed E-state index contributed by atoms with van der Waals surface area (Å²) in [6.45, 7) is 0. The lowest BCUT2D eigenvalue weighted by molar-refractivity contribution is -0.397. The summed E-state index contributed by atoms with van der Waals surface area (Å²) < 4.78 is 73.7. The van der Waals surface area contributed by atoms with Crippen molar-refractivity contribution in [1.82, 2.24) is 0 Å². The first-order chi connectivity index (χ1) is 9.80. The maximum atomic E-state index is 12.3. The van der Waals surface area contributed by atoms with Gasteiger partial charge in [0.1, 0.15) is 0 Å². The molecule has 0 bridgehead atoms. The number of benzene rings is 1. The van der Waals surface area contributed by atoms with E-state index in [0.717, 1.165) is 0 Å². The smallest absolute Gasteiger partial charge is 0.258 e. The van der Waals surface area contributed by atoms with Gasteiger partial charge in [-0.25, -0.2) is 0 Å². The Labute approximate surface area is 125 Å². The van der Waals surface area contributed by atoms with Crippen LogP contribution in [0.4, 0.5) is 37.7 Å². The van der Waals surface area contributed by atoms with Crippen LogP contribution in [0.3, 0.4) is 0 Å². The first-order valence-corrected chi connectivity index (χ1v) is 6.42. The number of hydrogen-bond acceptors (Lipinski definition) is 6. The van der Waals surface area contributed by atoms with Crippen molar-refractivity contribution in [1.29, 1.82) is 0 Å². The maximum absolute atomic E-state index is 12.3. The normalized spacial score (nSPS) is 12.3. The molecule has 1 rings (SSSR count). The fourth-order valence-electron chi connectivity index (χ4n) is 1.24. The first kappa shape index (κ1) is 18.3. The Morgan fingerprint density at radius 3 is 1.32 bits per heavy atom. The number of thioether (sulfide) groups is 2. The predicted octanol–water partition coefficient (Wildman–Crippen LogP) is 4.73. The second-order valence-corrected chi connectivity index (χ2v) is 5.61. The lowest BCUT2D eigenvalue weighted by Gasteiger charge is -2.10. The molecule has 0 fully saturated rings. The van der Waals surface area contributed by atoms with Gasteiger partial charge in [-0.3, -0.25) is 20.2 Å². The van der Waals surface area contributed by atoms with Gasteiger partial charge in [-0.2, -0.15) is 26.3 Å². The van der Waals surface area contributed by atoms with Gasteiger partial charge in [-0.1, -0.05) is 0 Å². The SMILES string of the molecule is O=[N+]([O-])c1cc([N+](=O)[O-])c(SC(F)(F)F)cc1SC(F)(F)F. The van der Waals surface area contributed by atoms with Gasteiger partial charge in [0.05, 0.1) is 25.7 Å². The highest BCUT2D eigenvalue weighted by atomic mass is 32.2. The van der Waals surface area contributed by atoms with Crippen molar-refractivity contribution < 1.29 is 36.2 Å². The number of hydrogen-bond donors (Lipinski definition) is 0. The van der Waals surface area contributed by atoms with Gasteiger partial charge in [-0.05, 0) is 29.6 Å². The number of alkyl halides is 6. The molecule has 1 aromatic carbocycles. The quantitative estimate of drug-likeness (QED) is 0.331. The van der Waals surface area contributed by atoms with E-state index in [1.807, 2.05) is 0 Å². The summed E-state index contributed by atoms with van der Waals surface area (Å²) in [5, 5.41) is 21.3. The molecule has 0 atom stereocenters. The second-order valence-electron chi connectivity index (χ2n) is 3.40. The van der Waals surface area contributed by atoms with Crippen LogP contribution in [0.1, 0.15) is 0 Å². The Bertz CT molecular complexity index is 569. The van der Waals surface area contributed by atoms with E-state index in [1.54, 1.807) is 0 Å². The number of nitrogens with zero attached hydrogens (tertiary/aromatic N) is 2. The molecule has 6 nitrogen and oxygen atoms in total. The lowest BCUT2D eigenvalue weighted by Crippen LogP contribution is -2.05. The fraction of sp³-hybridized carbons (Fsp3) is 0.250. The average molecular weight is 368 g/mol. The van der Waals surface area contributed by atoms with E-state index < -0.39 is 65.6 Å². The van der Waals surface area contributed by atoms with Gasteiger partial charge in [-0.15, -0.1) is 0 Å². The minimum atomic E-state index is -5.01. The summed E-state index contributed by atoms with van der Waals surface area (Å²) in [7, 11) is 0. The Kier molecular flexibility index (Phi) is 5.17. The van der Waals surface area contributed by atoms with Crippen molar-refractivity contribution in [2.24, 2.45) is 0 Å². The highest BCUT2D eigenvalue weighted by Crippen LogP contribution is 2.48. The van der Waals surface area contributed by atoms with Crippen LogP contribution >= 0.6 is 23.5 Å². The third-order valence-electron chi connectivity index (χ3n) is 1.89. The molecular weight excluding hydrogens is 366 g/mol. The van der Waals surface area contributed by atoms with Crippen molar-refractivity contribution in [2.45, 2.75) is 20.8 Å². The summed E-state index contributed by atoms with van der Waals surface area (Å²) in [4.78, 5) is 16.3. The number of nitro groups is 2. The molecule has 0 unspecified atom stereocenters. The molecule has 0 aromatic heterocycles. The largest absolute Gasteiger partial charge is 0.446 e. The van der Waals surface area contributed by atoms with E-state index in [0.29, 0.717) is 0 Å². The third-order valence-corrected chi connectivity index (χ3v) is 3.44. The molecule has 0 aliphatic carbocycles. The van der Waals surface area contributed by atoms with E-state index in [4.69, 9.17) is 0 Å². The zero-order valence-electron chi connectivity index (χ0n) is 9.77. The monoisotopic (exact) mass is 368 g/mol. The Balaban J connectivity index is 3.51. The molecule has 0 amide bonds. The minimum absolute atomic E-state index is 0.0716. The summed E-state index contributed by atoms with van der Waals surface area (Å²) in [5.74, 6) is 0. The number of nitro benzene ring substituents is 2. The van der Waals surface area contributed by atoms with Gasteiger partial charge >= 0.3 is 11.0 Å². The van der Waals surface area contributed by atoms with Crippen LogP contribution in [0.5, 0.6) is 0 Å². The average Bonchev–Trinajstić information content (AvgIpc) is 2.23. The van der Waals surface area contributed by atoms with Crippen LogP contribution in [0.2, 0.25) is 0 Å². The van der Waals surface area contributed by atoms with Crippen molar-refractivity contribution in [3.05, 3.63) is 32.4 Å². The zero-order valence-corrected chi connectivity index (χ0v) is 11.4.